The number of hydrogen-bond acceptors (Lipinski definition) is 2. The van der Waals surface area contributed by atoms with Gasteiger partial charge >= 0.3 is 0 Å². The molecule has 4 heteroatoms. The van der Waals surface area contributed by atoms with Gasteiger partial charge < -0.3 is 10.2 Å². The van der Waals surface area contributed by atoms with Crippen LogP contribution < -0.4 is 10.2 Å². The first-order valence-electron chi connectivity index (χ1n) is 5.20. The molecule has 0 bridgehead atoms. The van der Waals surface area contributed by atoms with Crippen molar-refractivity contribution in [3.63, 3.8) is 0 Å². The van der Waals surface area contributed by atoms with Gasteiger partial charge in [0.05, 0.1) is 21.4 Å². The maximum absolute atomic E-state index is 6.03. The van der Waals surface area contributed by atoms with Gasteiger partial charge in [-0.15, -0.1) is 0 Å². The Kier molecular flexibility index (Phi) is 3.27. The minimum atomic E-state index is 0.612. The zero-order valence-corrected chi connectivity index (χ0v) is 10.2. The quantitative estimate of drug-likeness (QED) is 0.812. The molecule has 1 aromatic rings. The van der Waals surface area contributed by atoms with Gasteiger partial charge in [-0.2, -0.15) is 0 Å². The van der Waals surface area contributed by atoms with Crippen LogP contribution >= 0.6 is 23.2 Å². The van der Waals surface area contributed by atoms with Crippen molar-refractivity contribution in [2.24, 2.45) is 0 Å². The lowest BCUT2D eigenvalue weighted by atomic mass is 10.2. The largest absolute Gasteiger partial charge is 0.383 e. The second-order valence-corrected chi connectivity index (χ2v) is 4.46. The van der Waals surface area contributed by atoms with Crippen LogP contribution in [0.2, 0.25) is 10.0 Å². The van der Waals surface area contributed by atoms with Gasteiger partial charge in [-0.05, 0) is 25.5 Å². The third-order valence-electron chi connectivity index (χ3n) is 2.68. The predicted molar refractivity (Wildman–Crippen MR) is 67.5 cm³/mol. The van der Waals surface area contributed by atoms with Crippen molar-refractivity contribution < 1.29 is 0 Å². The van der Waals surface area contributed by atoms with E-state index < -0.39 is 0 Å². The molecule has 0 atom stereocenters. The fraction of sp³-hybridized carbons (Fsp3) is 0.455. The van der Waals surface area contributed by atoms with Gasteiger partial charge in [0, 0.05) is 19.6 Å². The standard InChI is InChI=1S/C11H14Cl2N2/c1-2-15-5-3-4-14-10-6-8(12)9(13)7-11(10)15/h6-7,14H,2-5H2,1H3. The number of benzene rings is 1. The van der Waals surface area contributed by atoms with E-state index in [0.29, 0.717) is 10.0 Å². The Labute approximate surface area is 100 Å². The summed E-state index contributed by atoms with van der Waals surface area (Å²) >= 11 is 12.0. The molecule has 0 unspecified atom stereocenters. The van der Waals surface area contributed by atoms with Crippen LogP contribution in [-0.2, 0) is 0 Å². The number of nitrogens with one attached hydrogen (secondary N) is 1. The van der Waals surface area contributed by atoms with E-state index in [4.69, 9.17) is 23.2 Å². The van der Waals surface area contributed by atoms with Gasteiger partial charge in [-0.3, -0.25) is 0 Å². The van der Waals surface area contributed by atoms with Gasteiger partial charge in [0.25, 0.3) is 0 Å². The van der Waals surface area contributed by atoms with Crippen molar-refractivity contribution in [3.8, 4) is 0 Å². The summed E-state index contributed by atoms with van der Waals surface area (Å²) in [7, 11) is 0. The van der Waals surface area contributed by atoms with E-state index in [9.17, 15) is 0 Å². The molecule has 1 aliphatic rings. The van der Waals surface area contributed by atoms with Crippen molar-refractivity contribution >= 4 is 34.6 Å². The molecule has 1 aliphatic heterocycles. The van der Waals surface area contributed by atoms with Crippen LogP contribution in [0.4, 0.5) is 11.4 Å². The highest BCUT2D eigenvalue weighted by Crippen LogP contribution is 2.35. The highest BCUT2D eigenvalue weighted by molar-refractivity contribution is 6.42. The number of hydrogen-bond donors (Lipinski definition) is 1. The third-order valence-corrected chi connectivity index (χ3v) is 3.40. The average Bonchev–Trinajstić information content (AvgIpc) is 2.41. The van der Waals surface area contributed by atoms with Crippen molar-refractivity contribution in [2.45, 2.75) is 13.3 Å². The number of fused-ring (bicyclic) bond motifs is 1. The monoisotopic (exact) mass is 244 g/mol. The van der Waals surface area contributed by atoms with Crippen molar-refractivity contribution in [1.82, 2.24) is 0 Å². The average molecular weight is 245 g/mol. The molecule has 2 rings (SSSR count). The minimum absolute atomic E-state index is 0.612. The molecule has 2 nitrogen and oxygen atoms in total. The van der Waals surface area contributed by atoms with E-state index in [1.807, 2.05) is 12.1 Å². The normalized spacial score (nSPS) is 15.5. The second-order valence-electron chi connectivity index (χ2n) is 3.64. The molecule has 0 aliphatic carbocycles. The number of halogens is 2. The summed E-state index contributed by atoms with van der Waals surface area (Å²) in [6.45, 7) is 5.19. The van der Waals surface area contributed by atoms with Crippen LogP contribution in [0.15, 0.2) is 12.1 Å². The molecular formula is C11H14Cl2N2. The van der Waals surface area contributed by atoms with Crippen molar-refractivity contribution in [2.75, 3.05) is 29.9 Å². The second kappa shape index (κ2) is 4.50. The Morgan fingerprint density at radius 1 is 1.33 bits per heavy atom. The molecule has 1 N–H and O–H groups in total. The molecule has 0 radical (unpaired) electrons. The zero-order chi connectivity index (χ0) is 10.8. The highest BCUT2D eigenvalue weighted by Gasteiger charge is 2.15. The van der Waals surface area contributed by atoms with Gasteiger partial charge in [0.15, 0.2) is 0 Å². The van der Waals surface area contributed by atoms with Crippen LogP contribution in [0.1, 0.15) is 13.3 Å². The SMILES string of the molecule is CCN1CCCNc2cc(Cl)c(Cl)cc21. The molecule has 0 fully saturated rings. The fourth-order valence-electron chi connectivity index (χ4n) is 1.88. The first-order valence-corrected chi connectivity index (χ1v) is 5.96. The first kappa shape index (κ1) is 10.9. The van der Waals surface area contributed by atoms with E-state index in [1.54, 1.807) is 0 Å². The van der Waals surface area contributed by atoms with Crippen molar-refractivity contribution in [3.05, 3.63) is 22.2 Å². The molecule has 0 amide bonds. The smallest absolute Gasteiger partial charge is 0.0617 e. The fourth-order valence-corrected chi connectivity index (χ4v) is 2.20. The maximum atomic E-state index is 6.03. The third kappa shape index (κ3) is 2.16. The summed E-state index contributed by atoms with van der Waals surface area (Å²) in [4.78, 5) is 2.32. The molecule has 1 aromatic carbocycles. The van der Waals surface area contributed by atoms with E-state index in [0.717, 1.165) is 37.4 Å². The lowest BCUT2D eigenvalue weighted by Crippen LogP contribution is -2.23. The molecule has 0 spiro atoms. The van der Waals surface area contributed by atoms with Gasteiger partial charge in [0.2, 0.25) is 0 Å². The Hall–Kier alpha value is -0.600. The summed E-state index contributed by atoms with van der Waals surface area (Å²) in [5.74, 6) is 0. The molecule has 15 heavy (non-hydrogen) atoms. The van der Waals surface area contributed by atoms with E-state index in [2.05, 4.69) is 17.1 Å². The van der Waals surface area contributed by atoms with Crippen LogP contribution in [0.3, 0.4) is 0 Å². The molecule has 0 saturated heterocycles. The molecule has 1 heterocycles. The zero-order valence-electron chi connectivity index (χ0n) is 8.69. The Balaban J connectivity index is 2.46. The first-order chi connectivity index (χ1) is 7.22. The Morgan fingerprint density at radius 3 is 2.80 bits per heavy atom. The lowest BCUT2D eigenvalue weighted by molar-refractivity contribution is 0.786. The molecular weight excluding hydrogens is 231 g/mol. The number of nitrogens with zero attached hydrogens (tertiary/aromatic N) is 1. The number of rotatable bonds is 1. The van der Waals surface area contributed by atoms with Crippen LogP contribution in [-0.4, -0.2) is 19.6 Å². The van der Waals surface area contributed by atoms with E-state index in [1.165, 1.54) is 0 Å². The lowest BCUT2D eigenvalue weighted by Gasteiger charge is -2.23. The van der Waals surface area contributed by atoms with Gasteiger partial charge in [-0.25, -0.2) is 0 Å². The summed E-state index contributed by atoms with van der Waals surface area (Å²) in [6.07, 6.45) is 1.14. The predicted octanol–water partition coefficient (Wildman–Crippen LogP) is 3.64. The number of anilines is 2. The van der Waals surface area contributed by atoms with Gasteiger partial charge in [0.1, 0.15) is 0 Å². The summed E-state index contributed by atoms with van der Waals surface area (Å²) < 4.78 is 0. The highest BCUT2D eigenvalue weighted by atomic mass is 35.5. The Morgan fingerprint density at radius 2 is 2.07 bits per heavy atom. The van der Waals surface area contributed by atoms with Crippen LogP contribution in [0, 0.1) is 0 Å². The van der Waals surface area contributed by atoms with E-state index in [-0.39, 0.29) is 0 Å². The van der Waals surface area contributed by atoms with Gasteiger partial charge in [-0.1, -0.05) is 23.2 Å². The molecule has 0 aromatic heterocycles. The van der Waals surface area contributed by atoms with Crippen molar-refractivity contribution in [1.29, 1.82) is 0 Å². The molecule has 82 valence electrons. The summed E-state index contributed by atoms with van der Waals surface area (Å²) in [5, 5.41) is 4.61. The van der Waals surface area contributed by atoms with Crippen LogP contribution in [0.25, 0.3) is 0 Å². The summed E-state index contributed by atoms with van der Waals surface area (Å²) in [6, 6.07) is 3.86. The summed E-state index contributed by atoms with van der Waals surface area (Å²) in [5.41, 5.74) is 2.24. The minimum Gasteiger partial charge on any atom is -0.383 e. The van der Waals surface area contributed by atoms with Crippen LogP contribution in [0.5, 0.6) is 0 Å². The van der Waals surface area contributed by atoms with E-state index >= 15 is 0 Å². The maximum Gasteiger partial charge on any atom is 0.0617 e. The Bertz CT molecular complexity index is 366. The molecule has 0 saturated carbocycles. The topological polar surface area (TPSA) is 15.3 Å².